The molecule has 1 fully saturated rings. The molecule has 1 heterocycles. The Labute approximate surface area is 115 Å². The van der Waals surface area contributed by atoms with Gasteiger partial charge in [-0.1, -0.05) is 18.2 Å². The van der Waals surface area contributed by atoms with Crippen molar-refractivity contribution in [1.82, 2.24) is 5.09 Å². The predicted molar refractivity (Wildman–Crippen MR) is 80.7 cm³/mol. The van der Waals surface area contributed by atoms with E-state index in [1.54, 1.807) is 0 Å². The van der Waals surface area contributed by atoms with Crippen LogP contribution in [0.2, 0.25) is 0 Å². The lowest BCUT2D eigenvalue weighted by molar-refractivity contribution is -0.144. The Morgan fingerprint density at radius 3 is 2.79 bits per heavy atom. The molecule has 2 rings (SSSR count). The standard InChI is InChI=1S/C14H22N2O2P/c1-4-18-14(17)13-10-11-19(3,15-13)16(2)12-8-6-5-7-9-12/h5-9,13,15H,4,10-11H2,1-3H3/q+1/t13-,19?/m0/s1. The Morgan fingerprint density at radius 1 is 1.47 bits per heavy atom. The van der Waals surface area contributed by atoms with Gasteiger partial charge in [0.05, 0.1) is 25.1 Å². The van der Waals surface area contributed by atoms with Gasteiger partial charge < -0.3 is 4.74 Å². The average Bonchev–Trinajstić information content (AvgIpc) is 2.83. The van der Waals surface area contributed by atoms with Crippen LogP contribution in [0, 0.1) is 0 Å². The minimum atomic E-state index is -1.48. The minimum Gasteiger partial charge on any atom is -0.465 e. The molecule has 0 amide bonds. The van der Waals surface area contributed by atoms with E-state index >= 15 is 0 Å². The minimum absolute atomic E-state index is 0.118. The normalized spacial score (nSPS) is 26.2. The molecule has 1 saturated heterocycles. The van der Waals surface area contributed by atoms with Crippen LogP contribution in [-0.4, -0.2) is 38.5 Å². The SMILES string of the molecule is CCOC(=O)[C@@H]1CC[P+](C)(N(C)c2ccccc2)N1. The fraction of sp³-hybridized carbons (Fsp3) is 0.500. The molecule has 4 nitrogen and oxygen atoms in total. The van der Waals surface area contributed by atoms with Gasteiger partial charge in [-0.25, -0.2) is 4.67 Å². The van der Waals surface area contributed by atoms with Gasteiger partial charge in [-0.05, 0) is 19.1 Å². The van der Waals surface area contributed by atoms with Gasteiger partial charge in [0.1, 0.15) is 6.04 Å². The zero-order valence-electron chi connectivity index (χ0n) is 11.8. The molecule has 1 N–H and O–H groups in total. The molecular formula is C14H22N2O2P+. The number of para-hydroxylation sites is 1. The maximum Gasteiger partial charge on any atom is 0.326 e. The molecule has 5 heteroatoms. The molecule has 0 saturated carbocycles. The number of ether oxygens (including phenoxy) is 1. The smallest absolute Gasteiger partial charge is 0.326 e. The van der Waals surface area contributed by atoms with Crippen molar-refractivity contribution in [3.8, 4) is 0 Å². The second kappa shape index (κ2) is 5.89. The molecule has 19 heavy (non-hydrogen) atoms. The summed E-state index contributed by atoms with van der Waals surface area (Å²) in [5.41, 5.74) is 1.19. The van der Waals surface area contributed by atoms with Crippen molar-refractivity contribution in [1.29, 1.82) is 0 Å². The third-order valence-electron chi connectivity index (χ3n) is 3.65. The van der Waals surface area contributed by atoms with Gasteiger partial charge in [-0.15, -0.1) is 0 Å². The molecular weight excluding hydrogens is 259 g/mol. The lowest BCUT2D eigenvalue weighted by Crippen LogP contribution is -2.35. The third kappa shape index (κ3) is 3.07. The van der Waals surface area contributed by atoms with E-state index in [4.69, 9.17) is 4.74 Å². The first kappa shape index (κ1) is 14.3. The molecule has 1 unspecified atom stereocenters. The highest BCUT2D eigenvalue weighted by atomic mass is 31.2. The highest BCUT2D eigenvalue weighted by molar-refractivity contribution is 7.75. The van der Waals surface area contributed by atoms with Crippen LogP contribution >= 0.6 is 7.56 Å². The van der Waals surface area contributed by atoms with Crippen molar-refractivity contribution in [2.75, 3.05) is 31.2 Å². The first-order valence-electron chi connectivity index (χ1n) is 6.66. The summed E-state index contributed by atoms with van der Waals surface area (Å²) in [5, 5.41) is 3.51. The van der Waals surface area contributed by atoms with Crippen LogP contribution in [0.1, 0.15) is 13.3 Å². The number of benzene rings is 1. The monoisotopic (exact) mass is 281 g/mol. The summed E-state index contributed by atoms with van der Waals surface area (Å²) >= 11 is 0. The molecule has 1 aromatic rings. The molecule has 0 aliphatic carbocycles. The van der Waals surface area contributed by atoms with Crippen LogP contribution in [0.15, 0.2) is 30.3 Å². The summed E-state index contributed by atoms with van der Waals surface area (Å²) in [6.45, 7) is 4.53. The largest absolute Gasteiger partial charge is 0.465 e. The molecule has 0 spiro atoms. The van der Waals surface area contributed by atoms with Crippen LogP contribution in [-0.2, 0) is 9.53 Å². The number of anilines is 1. The van der Waals surface area contributed by atoms with Crippen molar-refractivity contribution in [3.63, 3.8) is 0 Å². The first-order valence-corrected chi connectivity index (χ1v) is 9.03. The van der Waals surface area contributed by atoms with Crippen molar-refractivity contribution < 1.29 is 9.53 Å². The zero-order chi connectivity index (χ0) is 13.9. The van der Waals surface area contributed by atoms with E-state index < -0.39 is 7.56 Å². The van der Waals surface area contributed by atoms with Crippen LogP contribution in [0.4, 0.5) is 5.69 Å². The second-order valence-electron chi connectivity index (χ2n) is 4.94. The lowest BCUT2D eigenvalue weighted by Gasteiger charge is -2.29. The number of carbonyl (C=O) groups excluding carboxylic acids is 1. The molecule has 0 aromatic heterocycles. The number of carbonyl (C=O) groups is 1. The number of hydrogen-bond acceptors (Lipinski definition) is 4. The highest BCUT2D eigenvalue weighted by Crippen LogP contribution is 2.59. The number of rotatable bonds is 4. The van der Waals surface area contributed by atoms with E-state index in [1.165, 1.54) is 5.69 Å². The van der Waals surface area contributed by atoms with E-state index in [2.05, 4.69) is 35.6 Å². The molecule has 1 aromatic carbocycles. The van der Waals surface area contributed by atoms with Gasteiger partial charge in [0, 0.05) is 13.5 Å². The number of hydrogen-bond donors (Lipinski definition) is 1. The van der Waals surface area contributed by atoms with E-state index in [9.17, 15) is 4.79 Å². The van der Waals surface area contributed by atoms with Crippen molar-refractivity contribution in [2.45, 2.75) is 19.4 Å². The molecule has 1 aliphatic rings. The number of nitrogens with one attached hydrogen (secondary N) is 1. The maximum absolute atomic E-state index is 11.8. The fourth-order valence-corrected chi connectivity index (χ4v) is 5.31. The van der Waals surface area contributed by atoms with E-state index in [-0.39, 0.29) is 12.0 Å². The Kier molecular flexibility index (Phi) is 4.43. The predicted octanol–water partition coefficient (Wildman–Crippen LogP) is 2.53. The van der Waals surface area contributed by atoms with Crippen molar-refractivity contribution in [2.24, 2.45) is 0 Å². The second-order valence-corrected chi connectivity index (χ2v) is 8.53. The summed E-state index contributed by atoms with van der Waals surface area (Å²) < 4.78 is 7.40. The maximum atomic E-state index is 11.8. The van der Waals surface area contributed by atoms with Crippen LogP contribution in [0.25, 0.3) is 0 Å². The third-order valence-corrected chi connectivity index (χ3v) is 7.20. The quantitative estimate of drug-likeness (QED) is 0.680. The molecule has 2 atom stereocenters. The van der Waals surface area contributed by atoms with E-state index in [1.807, 2.05) is 25.1 Å². The Hall–Kier alpha value is -1.12. The molecule has 104 valence electrons. The number of esters is 1. The van der Waals surface area contributed by atoms with Gasteiger partial charge in [0.2, 0.25) is 0 Å². The van der Waals surface area contributed by atoms with Gasteiger partial charge in [0.25, 0.3) is 0 Å². The van der Waals surface area contributed by atoms with Gasteiger partial charge >= 0.3 is 5.97 Å². The molecule has 1 aliphatic heterocycles. The van der Waals surface area contributed by atoms with Gasteiger partial charge in [-0.3, -0.25) is 4.79 Å². The Morgan fingerprint density at radius 2 is 2.16 bits per heavy atom. The topological polar surface area (TPSA) is 41.6 Å². The van der Waals surface area contributed by atoms with Gasteiger partial charge in [0.15, 0.2) is 7.56 Å². The summed E-state index contributed by atoms with van der Waals surface area (Å²) in [6, 6.07) is 10.1. The summed E-state index contributed by atoms with van der Waals surface area (Å²) in [6.07, 6.45) is 1.89. The molecule has 0 bridgehead atoms. The van der Waals surface area contributed by atoms with Crippen molar-refractivity contribution >= 4 is 19.2 Å². The van der Waals surface area contributed by atoms with Crippen molar-refractivity contribution in [3.05, 3.63) is 30.3 Å². The summed E-state index contributed by atoms with van der Waals surface area (Å²) in [7, 11) is 0.617. The first-order chi connectivity index (χ1) is 9.07. The van der Waals surface area contributed by atoms with Crippen LogP contribution in [0.3, 0.4) is 0 Å². The highest BCUT2D eigenvalue weighted by Gasteiger charge is 2.48. The van der Waals surface area contributed by atoms with E-state index in [0.717, 1.165) is 12.6 Å². The fourth-order valence-electron chi connectivity index (χ4n) is 2.39. The Bertz CT molecular complexity index is 440. The van der Waals surface area contributed by atoms with Crippen LogP contribution < -0.4 is 9.76 Å². The molecule has 0 radical (unpaired) electrons. The summed E-state index contributed by atoms with van der Waals surface area (Å²) in [4.78, 5) is 11.8. The zero-order valence-corrected chi connectivity index (χ0v) is 12.7. The lowest BCUT2D eigenvalue weighted by atomic mass is 10.2. The van der Waals surface area contributed by atoms with Gasteiger partial charge in [-0.2, -0.15) is 5.09 Å². The van der Waals surface area contributed by atoms with E-state index in [0.29, 0.717) is 6.61 Å². The Balaban J connectivity index is 2.07. The number of nitrogens with zero attached hydrogens (tertiary/aromatic N) is 1. The van der Waals surface area contributed by atoms with Crippen LogP contribution in [0.5, 0.6) is 0 Å². The summed E-state index contributed by atoms with van der Waals surface area (Å²) in [5.74, 6) is -0.118. The average molecular weight is 281 g/mol.